The number of hydrogen-bond acceptors (Lipinski definition) is 4. The molecule has 1 aromatic rings. The standard InChI is InChI=1S/C12H12ClFN2O4/c13-7-4-10(16(19)20)9(5-8(7)14)15-12(2-1-3-12)6-11(17)18/h4-5,15H,1-3,6H2,(H,17,18). The highest BCUT2D eigenvalue weighted by molar-refractivity contribution is 6.31. The minimum atomic E-state index is -1.01. The Morgan fingerprint density at radius 2 is 2.20 bits per heavy atom. The Kier molecular flexibility index (Phi) is 3.80. The average Bonchev–Trinajstić information content (AvgIpc) is 2.29. The maximum atomic E-state index is 13.5. The smallest absolute Gasteiger partial charge is 0.305 e. The summed E-state index contributed by atoms with van der Waals surface area (Å²) in [6.07, 6.45) is 1.79. The molecule has 1 aliphatic carbocycles. The van der Waals surface area contributed by atoms with Crippen LogP contribution in [0.2, 0.25) is 5.02 Å². The van der Waals surface area contributed by atoms with E-state index in [-0.39, 0.29) is 22.8 Å². The van der Waals surface area contributed by atoms with E-state index in [0.717, 1.165) is 18.6 Å². The highest BCUT2D eigenvalue weighted by Crippen LogP contribution is 2.41. The zero-order valence-corrected chi connectivity index (χ0v) is 11.1. The topological polar surface area (TPSA) is 92.5 Å². The number of halogens is 2. The molecule has 2 N–H and O–H groups in total. The largest absolute Gasteiger partial charge is 0.481 e. The number of anilines is 1. The van der Waals surface area contributed by atoms with Gasteiger partial charge in [-0.1, -0.05) is 11.6 Å². The Labute approximate surface area is 118 Å². The van der Waals surface area contributed by atoms with Crippen LogP contribution >= 0.6 is 11.6 Å². The van der Waals surface area contributed by atoms with Crippen molar-refractivity contribution in [3.63, 3.8) is 0 Å². The van der Waals surface area contributed by atoms with Crippen LogP contribution in [-0.4, -0.2) is 21.5 Å². The number of rotatable bonds is 5. The van der Waals surface area contributed by atoms with Crippen LogP contribution in [0.4, 0.5) is 15.8 Å². The Balaban J connectivity index is 2.34. The van der Waals surface area contributed by atoms with Gasteiger partial charge in [0.1, 0.15) is 11.5 Å². The number of hydrogen-bond donors (Lipinski definition) is 2. The zero-order chi connectivity index (χ0) is 14.9. The molecule has 0 saturated heterocycles. The molecule has 2 rings (SSSR count). The summed E-state index contributed by atoms with van der Waals surface area (Å²) in [5.41, 5.74) is -1.16. The van der Waals surface area contributed by atoms with E-state index in [9.17, 15) is 19.3 Å². The van der Waals surface area contributed by atoms with Gasteiger partial charge in [0.25, 0.3) is 5.69 Å². The van der Waals surface area contributed by atoms with Crippen molar-refractivity contribution in [1.29, 1.82) is 0 Å². The highest BCUT2D eigenvalue weighted by atomic mass is 35.5. The van der Waals surface area contributed by atoms with Gasteiger partial charge in [0.15, 0.2) is 0 Å². The van der Waals surface area contributed by atoms with E-state index >= 15 is 0 Å². The lowest BCUT2D eigenvalue weighted by atomic mass is 9.74. The molecule has 1 saturated carbocycles. The van der Waals surface area contributed by atoms with Crippen LogP contribution in [0.25, 0.3) is 0 Å². The van der Waals surface area contributed by atoms with Gasteiger partial charge in [0, 0.05) is 17.7 Å². The fraction of sp³-hybridized carbons (Fsp3) is 0.417. The summed E-state index contributed by atoms with van der Waals surface area (Å²) in [5.74, 6) is -1.79. The molecule has 0 aliphatic heterocycles. The molecule has 108 valence electrons. The number of nitrogens with zero attached hydrogens (tertiary/aromatic N) is 1. The zero-order valence-electron chi connectivity index (χ0n) is 10.4. The van der Waals surface area contributed by atoms with Gasteiger partial charge in [-0.3, -0.25) is 14.9 Å². The van der Waals surface area contributed by atoms with Gasteiger partial charge in [-0.25, -0.2) is 4.39 Å². The first kappa shape index (κ1) is 14.5. The number of aliphatic carboxylic acids is 1. The summed E-state index contributed by atoms with van der Waals surface area (Å²) in [4.78, 5) is 21.2. The quantitative estimate of drug-likeness (QED) is 0.643. The van der Waals surface area contributed by atoms with E-state index in [1.54, 1.807) is 0 Å². The van der Waals surface area contributed by atoms with Crippen molar-refractivity contribution in [2.24, 2.45) is 0 Å². The molecule has 0 spiro atoms. The Hall–Kier alpha value is -1.89. The second-order valence-corrected chi connectivity index (χ2v) is 5.28. The van der Waals surface area contributed by atoms with Gasteiger partial charge >= 0.3 is 5.97 Å². The van der Waals surface area contributed by atoms with Crippen LogP contribution in [0.3, 0.4) is 0 Å². The van der Waals surface area contributed by atoms with Crippen molar-refractivity contribution in [3.05, 3.63) is 33.1 Å². The number of carbonyl (C=O) groups is 1. The number of nitro benzene ring substituents is 1. The van der Waals surface area contributed by atoms with Crippen LogP contribution in [0, 0.1) is 15.9 Å². The van der Waals surface area contributed by atoms with Crippen LogP contribution in [0.1, 0.15) is 25.7 Å². The Morgan fingerprint density at radius 3 is 2.65 bits per heavy atom. The maximum Gasteiger partial charge on any atom is 0.305 e. The molecule has 0 radical (unpaired) electrons. The molecule has 0 heterocycles. The van der Waals surface area contributed by atoms with Gasteiger partial charge in [-0.05, 0) is 19.3 Å². The second kappa shape index (κ2) is 5.24. The number of benzene rings is 1. The monoisotopic (exact) mass is 302 g/mol. The van der Waals surface area contributed by atoms with E-state index in [1.807, 2.05) is 0 Å². The third-order valence-electron chi connectivity index (χ3n) is 3.44. The fourth-order valence-corrected chi connectivity index (χ4v) is 2.47. The molecule has 20 heavy (non-hydrogen) atoms. The minimum absolute atomic E-state index is 0.0437. The number of nitro groups is 1. The normalized spacial score (nSPS) is 16.3. The summed E-state index contributed by atoms with van der Waals surface area (Å²) < 4.78 is 13.5. The highest BCUT2D eigenvalue weighted by Gasteiger charge is 2.40. The summed E-state index contributed by atoms with van der Waals surface area (Å²) >= 11 is 5.53. The van der Waals surface area contributed by atoms with Crippen molar-refractivity contribution in [1.82, 2.24) is 0 Å². The summed E-state index contributed by atoms with van der Waals surface area (Å²) in [6.45, 7) is 0. The molecule has 0 atom stereocenters. The van der Waals surface area contributed by atoms with Gasteiger partial charge in [-0.2, -0.15) is 0 Å². The molecule has 0 aromatic heterocycles. The average molecular weight is 303 g/mol. The molecule has 1 fully saturated rings. The molecule has 1 aliphatic rings. The second-order valence-electron chi connectivity index (χ2n) is 4.87. The van der Waals surface area contributed by atoms with Crippen molar-refractivity contribution < 1.29 is 19.2 Å². The number of carboxylic acids is 1. The number of carboxylic acid groups (broad SMARTS) is 1. The summed E-state index contributed by atoms with van der Waals surface area (Å²) in [5, 5.41) is 22.3. The van der Waals surface area contributed by atoms with Crippen molar-refractivity contribution >= 4 is 28.9 Å². The van der Waals surface area contributed by atoms with Gasteiger partial charge in [0.05, 0.1) is 16.4 Å². The van der Waals surface area contributed by atoms with E-state index in [4.69, 9.17) is 16.7 Å². The predicted octanol–water partition coefficient (Wildman–Crippen LogP) is 3.20. The number of nitrogens with one attached hydrogen (secondary N) is 1. The molecule has 8 heteroatoms. The van der Waals surface area contributed by atoms with Gasteiger partial charge in [-0.15, -0.1) is 0 Å². The van der Waals surface area contributed by atoms with Gasteiger partial charge < -0.3 is 10.4 Å². The van der Waals surface area contributed by atoms with Crippen molar-refractivity contribution in [2.75, 3.05) is 5.32 Å². The third-order valence-corrected chi connectivity index (χ3v) is 3.73. The first-order valence-electron chi connectivity index (χ1n) is 5.96. The summed E-state index contributed by atoms with van der Waals surface area (Å²) in [7, 11) is 0. The van der Waals surface area contributed by atoms with Crippen LogP contribution in [0.5, 0.6) is 0 Å². The van der Waals surface area contributed by atoms with Crippen LogP contribution in [0.15, 0.2) is 12.1 Å². The van der Waals surface area contributed by atoms with Crippen molar-refractivity contribution in [2.45, 2.75) is 31.2 Å². The first-order valence-corrected chi connectivity index (χ1v) is 6.34. The molecule has 6 nitrogen and oxygen atoms in total. The molecule has 0 unspecified atom stereocenters. The van der Waals surface area contributed by atoms with E-state index in [1.165, 1.54) is 0 Å². The Bertz CT molecular complexity index is 575. The third kappa shape index (κ3) is 2.82. The Morgan fingerprint density at radius 1 is 1.55 bits per heavy atom. The molecule has 0 amide bonds. The lowest BCUT2D eigenvalue weighted by molar-refractivity contribution is -0.384. The summed E-state index contributed by atoms with van der Waals surface area (Å²) in [6, 6.07) is 1.86. The fourth-order valence-electron chi connectivity index (χ4n) is 2.31. The molecular weight excluding hydrogens is 291 g/mol. The van der Waals surface area contributed by atoms with E-state index < -0.39 is 22.2 Å². The minimum Gasteiger partial charge on any atom is -0.481 e. The van der Waals surface area contributed by atoms with Crippen LogP contribution < -0.4 is 5.32 Å². The lowest BCUT2D eigenvalue weighted by Gasteiger charge is -2.42. The molecule has 1 aromatic carbocycles. The molecule has 0 bridgehead atoms. The first-order chi connectivity index (χ1) is 9.33. The predicted molar refractivity (Wildman–Crippen MR) is 70.5 cm³/mol. The van der Waals surface area contributed by atoms with E-state index in [0.29, 0.717) is 12.8 Å². The van der Waals surface area contributed by atoms with Crippen LogP contribution in [-0.2, 0) is 4.79 Å². The van der Waals surface area contributed by atoms with E-state index in [2.05, 4.69) is 5.32 Å². The lowest BCUT2D eigenvalue weighted by Crippen LogP contribution is -2.46. The SMILES string of the molecule is O=C(O)CC1(Nc2cc(F)c(Cl)cc2[N+](=O)[O-])CCC1. The maximum absolute atomic E-state index is 13.5. The van der Waals surface area contributed by atoms with Crippen molar-refractivity contribution in [3.8, 4) is 0 Å². The molecular formula is C12H12ClFN2O4. The van der Waals surface area contributed by atoms with Gasteiger partial charge in [0.2, 0.25) is 0 Å².